The maximum atomic E-state index is 12.8. The zero-order valence-electron chi connectivity index (χ0n) is 14.9. The number of carbonyl (C=O) groups is 1. The predicted molar refractivity (Wildman–Crippen MR) is 97.0 cm³/mol. The minimum Gasteiger partial charge on any atom is -0.352 e. The van der Waals surface area contributed by atoms with Gasteiger partial charge in [0, 0.05) is 24.8 Å². The number of amides is 1. The van der Waals surface area contributed by atoms with Crippen LogP contribution >= 0.6 is 0 Å². The number of aryl methyl sites for hydroxylation is 1. The average Bonchev–Trinajstić information content (AvgIpc) is 2.59. The van der Waals surface area contributed by atoms with Crippen LogP contribution in [0.5, 0.6) is 0 Å². The van der Waals surface area contributed by atoms with Crippen molar-refractivity contribution in [1.82, 2.24) is 14.9 Å². The number of hydrogen-bond donors (Lipinski definition) is 1. The minimum atomic E-state index is -0.0703. The Hall–Kier alpha value is -2.43. The molecule has 0 fully saturated rings. The Balaban J connectivity index is 2.20. The molecule has 5 heteroatoms. The van der Waals surface area contributed by atoms with Crippen molar-refractivity contribution < 1.29 is 4.79 Å². The van der Waals surface area contributed by atoms with Crippen LogP contribution in [0.4, 0.5) is 5.95 Å². The lowest BCUT2D eigenvalue weighted by molar-refractivity contribution is 0.0746. The summed E-state index contributed by atoms with van der Waals surface area (Å²) in [5, 5.41) is 3.24. The van der Waals surface area contributed by atoms with Crippen LogP contribution in [-0.2, 0) is 6.54 Å². The van der Waals surface area contributed by atoms with Crippen molar-refractivity contribution in [3.63, 3.8) is 0 Å². The topological polar surface area (TPSA) is 58.1 Å². The molecule has 1 aromatic carbocycles. The highest BCUT2D eigenvalue weighted by molar-refractivity contribution is 5.92. The molecular formula is C19H26N4O. The van der Waals surface area contributed by atoms with Gasteiger partial charge in [-0.3, -0.25) is 4.79 Å². The third-order valence-corrected chi connectivity index (χ3v) is 3.95. The van der Waals surface area contributed by atoms with Crippen LogP contribution in [0.1, 0.15) is 48.9 Å². The summed E-state index contributed by atoms with van der Waals surface area (Å²) in [7, 11) is 0. The maximum Gasteiger partial charge on any atom is 0.272 e. The standard InChI is InChI=1S/C19H26N4O/c1-5-14(3)20-19-21-15(4)12-17(22-19)18(24)23(6-2)13-16-10-8-7-9-11-16/h7-12,14H,5-6,13H2,1-4H3,(H,20,21,22). The normalized spacial score (nSPS) is 11.8. The van der Waals surface area contributed by atoms with Gasteiger partial charge in [-0.15, -0.1) is 0 Å². The van der Waals surface area contributed by atoms with Crippen LogP contribution in [-0.4, -0.2) is 33.4 Å². The van der Waals surface area contributed by atoms with E-state index < -0.39 is 0 Å². The number of nitrogens with zero attached hydrogens (tertiary/aromatic N) is 3. The van der Waals surface area contributed by atoms with E-state index in [1.165, 1.54) is 0 Å². The highest BCUT2D eigenvalue weighted by atomic mass is 16.2. The van der Waals surface area contributed by atoms with E-state index in [0.29, 0.717) is 24.7 Å². The maximum absolute atomic E-state index is 12.8. The first-order valence-corrected chi connectivity index (χ1v) is 8.48. The molecule has 1 N–H and O–H groups in total. The van der Waals surface area contributed by atoms with Crippen LogP contribution in [0.2, 0.25) is 0 Å². The zero-order valence-corrected chi connectivity index (χ0v) is 14.9. The van der Waals surface area contributed by atoms with E-state index in [0.717, 1.165) is 17.7 Å². The first-order chi connectivity index (χ1) is 11.5. The number of rotatable bonds is 7. The van der Waals surface area contributed by atoms with Crippen molar-refractivity contribution in [2.75, 3.05) is 11.9 Å². The number of anilines is 1. The first-order valence-electron chi connectivity index (χ1n) is 8.48. The molecule has 0 saturated carbocycles. The van der Waals surface area contributed by atoms with Gasteiger partial charge in [-0.2, -0.15) is 0 Å². The molecule has 1 heterocycles. The van der Waals surface area contributed by atoms with Crippen molar-refractivity contribution in [3.05, 3.63) is 53.3 Å². The molecule has 0 aliphatic carbocycles. The van der Waals surface area contributed by atoms with Crippen molar-refractivity contribution >= 4 is 11.9 Å². The predicted octanol–water partition coefficient (Wildman–Crippen LogP) is 3.66. The van der Waals surface area contributed by atoms with E-state index in [2.05, 4.69) is 29.1 Å². The Morgan fingerprint density at radius 2 is 1.92 bits per heavy atom. The van der Waals surface area contributed by atoms with Crippen molar-refractivity contribution in [2.24, 2.45) is 0 Å². The number of carbonyl (C=O) groups excluding carboxylic acids is 1. The molecule has 0 radical (unpaired) electrons. The molecule has 2 aromatic rings. The lowest BCUT2D eigenvalue weighted by Crippen LogP contribution is -2.31. The molecule has 0 spiro atoms. The van der Waals surface area contributed by atoms with Crippen molar-refractivity contribution in [1.29, 1.82) is 0 Å². The van der Waals surface area contributed by atoms with Gasteiger partial charge in [0.1, 0.15) is 5.69 Å². The molecule has 24 heavy (non-hydrogen) atoms. The lowest BCUT2D eigenvalue weighted by Gasteiger charge is -2.21. The molecule has 1 unspecified atom stereocenters. The number of hydrogen-bond acceptors (Lipinski definition) is 4. The van der Waals surface area contributed by atoms with E-state index in [1.807, 2.05) is 44.2 Å². The Bertz CT molecular complexity index is 672. The summed E-state index contributed by atoms with van der Waals surface area (Å²) in [6, 6.07) is 12.0. The van der Waals surface area contributed by atoms with Gasteiger partial charge in [-0.25, -0.2) is 9.97 Å². The van der Waals surface area contributed by atoms with E-state index >= 15 is 0 Å². The van der Waals surface area contributed by atoms with Crippen LogP contribution < -0.4 is 5.32 Å². The molecule has 0 bridgehead atoms. The molecule has 5 nitrogen and oxygen atoms in total. The van der Waals surface area contributed by atoms with Crippen molar-refractivity contribution in [3.8, 4) is 0 Å². The molecule has 0 aliphatic rings. The van der Waals surface area contributed by atoms with Crippen LogP contribution in [0.15, 0.2) is 36.4 Å². The van der Waals surface area contributed by atoms with E-state index in [1.54, 1.807) is 11.0 Å². The Morgan fingerprint density at radius 1 is 1.21 bits per heavy atom. The van der Waals surface area contributed by atoms with Gasteiger partial charge in [-0.1, -0.05) is 37.3 Å². The third kappa shape index (κ3) is 4.78. The number of aromatic nitrogens is 2. The summed E-state index contributed by atoms with van der Waals surface area (Å²) in [6.45, 7) is 9.23. The summed E-state index contributed by atoms with van der Waals surface area (Å²) in [4.78, 5) is 23.4. The lowest BCUT2D eigenvalue weighted by atomic mass is 10.2. The minimum absolute atomic E-state index is 0.0703. The van der Waals surface area contributed by atoms with Gasteiger partial charge in [0.25, 0.3) is 5.91 Å². The SMILES string of the molecule is CCC(C)Nc1nc(C)cc(C(=O)N(CC)Cc2ccccc2)n1. The van der Waals surface area contributed by atoms with Crippen LogP contribution in [0.25, 0.3) is 0 Å². The molecule has 1 aromatic heterocycles. The molecule has 0 aliphatic heterocycles. The first kappa shape index (κ1) is 17.9. The van der Waals surface area contributed by atoms with Gasteiger partial charge in [-0.05, 0) is 38.8 Å². The van der Waals surface area contributed by atoms with E-state index in [9.17, 15) is 4.79 Å². The van der Waals surface area contributed by atoms with E-state index in [4.69, 9.17) is 0 Å². The van der Waals surface area contributed by atoms with Gasteiger partial charge in [0.2, 0.25) is 5.95 Å². The smallest absolute Gasteiger partial charge is 0.272 e. The summed E-state index contributed by atoms with van der Waals surface area (Å²) >= 11 is 0. The van der Waals surface area contributed by atoms with E-state index in [-0.39, 0.29) is 11.9 Å². The molecule has 1 amide bonds. The summed E-state index contributed by atoms with van der Waals surface area (Å²) in [5.41, 5.74) is 2.33. The Labute approximate surface area is 144 Å². The second-order valence-electron chi connectivity index (χ2n) is 5.98. The fraction of sp³-hybridized carbons (Fsp3) is 0.421. The molecule has 1 atom stereocenters. The van der Waals surface area contributed by atoms with Crippen molar-refractivity contribution in [2.45, 2.75) is 46.7 Å². The molecule has 2 rings (SSSR count). The van der Waals surface area contributed by atoms with Gasteiger partial charge < -0.3 is 10.2 Å². The largest absolute Gasteiger partial charge is 0.352 e. The van der Waals surface area contributed by atoms with Crippen LogP contribution in [0.3, 0.4) is 0 Å². The number of benzene rings is 1. The Morgan fingerprint density at radius 3 is 2.54 bits per heavy atom. The monoisotopic (exact) mass is 326 g/mol. The Kier molecular flexibility index (Phi) is 6.29. The highest BCUT2D eigenvalue weighted by Crippen LogP contribution is 2.12. The second kappa shape index (κ2) is 8.43. The quantitative estimate of drug-likeness (QED) is 0.843. The van der Waals surface area contributed by atoms with Gasteiger partial charge in [0.05, 0.1) is 0 Å². The fourth-order valence-corrected chi connectivity index (χ4v) is 2.36. The zero-order chi connectivity index (χ0) is 17.5. The molecule has 128 valence electrons. The molecular weight excluding hydrogens is 300 g/mol. The summed E-state index contributed by atoms with van der Waals surface area (Å²) in [6.07, 6.45) is 0.968. The molecule has 0 saturated heterocycles. The number of nitrogens with one attached hydrogen (secondary N) is 1. The second-order valence-corrected chi connectivity index (χ2v) is 5.98. The summed E-state index contributed by atoms with van der Waals surface area (Å²) < 4.78 is 0. The highest BCUT2D eigenvalue weighted by Gasteiger charge is 2.18. The van der Waals surface area contributed by atoms with Gasteiger partial charge >= 0.3 is 0 Å². The fourth-order valence-electron chi connectivity index (χ4n) is 2.36. The van der Waals surface area contributed by atoms with Crippen LogP contribution in [0, 0.1) is 6.92 Å². The average molecular weight is 326 g/mol. The van der Waals surface area contributed by atoms with Gasteiger partial charge in [0.15, 0.2) is 0 Å². The third-order valence-electron chi connectivity index (χ3n) is 3.95. The summed E-state index contributed by atoms with van der Waals surface area (Å²) in [5.74, 6) is 0.447.